The van der Waals surface area contributed by atoms with Crippen molar-refractivity contribution in [1.82, 2.24) is 29.7 Å². The number of pyridine rings is 1. The zero-order valence-electron chi connectivity index (χ0n) is 16.9. The number of aromatic nitrogens is 5. The molecule has 0 aliphatic carbocycles. The minimum Gasteiger partial charge on any atom is -0.351 e. The molecule has 1 aromatic carbocycles. The second-order valence-electron chi connectivity index (χ2n) is 7.56. The van der Waals surface area contributed by atoms with E-state index >= 15 is 0 Å². The first-order chi connectivity index (χ1) is 15.1. The van der Waals surface area contributed by atoms with Crippen molar-refractivity contribution in [3.63, 3.8) is 0 Å². The summed E-state index contributed by atoms with van der Waals surface area (Å²) in [6.07, 6.45) is 3.48. The fourth-order valence-corrected chi connectivity index (χ4v) is 3.64. The fraction of sp³-hybridized carbons (Fsp3) is 0.227. The number of amides is 1. The second-order valence-corrected chi connectivity index (χ2v) is 7.56. The molecular formula is C22H20FN7O. The van der Waals surface area contributed by atoms with Gasteiger partial charge in [0.25, 0.3) is 0 Å². The average molecular weight is 417 g/mol. The standard InChI is InChI=1S/C22H20FN7O/c1-28(21(31)11-15-5-2-3-7-18(15)23)17-13-29(14-17)20-9-8-19-25-26-22(30(19)27-20)16-6-4-10-24-12-16/h2-10,12,17H,11,13-14H2,1H3. The van der Waals surface area contributed by atoms with Crippen LogP contribution in [0, 0.1) is 5.82 Å². The highest BCUT2D eigenvalue weighted by Crippen LogP contribution is 2.24. The third-order valence-corrected chi connectivity index (χ3v) is 5.60. The Bertz CT molecular complexity index is 1240. The summed E-state index contributed by atoms with van der Waals surface area (Å²) in [6, 6.07) is 14.0. The summed E-state index contributed by atoms with van der Waals surface area (Å²) in [5, 5.41) is 13.1. The number of anilines is 1. The third-order valence-electron chi connectivity index (χ3n) is 5.60. The van der Waals surface area contributed by atoms with E-state index in [1.54, 1.807) is 47.1 Å². The summed E-state index contributed by atoms with van der Waals surface area (Å²) >= 11 is 0. The number of likely N-dealkylation sites (N-methyl/N-ethyl adjacent to an activating group) is 1. The van der Waals surface area contributed by atoms with Gasteiger partial charge in [0.15, 0.2) is 11.5 Å². The van der Waals surface area contributed by atoms with Gasteiger partial charge in [-0.2, -0.15) is 4.52 Å². The number of hydrogen-bond donors (Lipinski definition) is 0. The van der Waals surface area contributed by atoms with Gasteiger partial charge in [-0.1, -0.05) is 18.2 Å². The SMILES string of the molecule is CN(C(=O)Cc1ccccc1F)C1CN(c2ccc3nnc(-c4cccnc4)n3n2)C1. The molecule has 1 saturated heterocycles. The maximum atomic E-state index is 13.8. The van der Waals surface area contributed by atoms with E-state index in [1.807, 2.05) is 24.3 Å². The van der Waals surface area contributed by atoms with Gasteiger partial charge in [-0.05, 0) is 35.9 Å². The molecule has 4 aromatic rings. The average Bonchev–Trinajstić information content (AvgIpc) is 3.18. The smallest absolute Gasteiger partial charge is 0.227 e. The molecule has 0 saturated carbocycles. The van der Waals surface area contributed by atoms with Crippen LogP contribution in [0.25, 0.3) is 17.0 Å². The van der Waals surface area contributed by atoms with Crippen LogP contribution in [0.1, 0.15) is 5.56 Å². The molecule has 1 aliphatic rings. The molecule has 0 radical (unpaired) electrons. The highest BCUT2D eigenvalue weighted by Gasteiger charge is 2.33. The molecule has 0 atom stereocenters. The lowest BCUT2D eigenvalue weighted by molar-refractivity contribution is -0.131. The first-order valence-corrected chi connectivity index (χ1v) is 9.97. The van der Waals surface area contributed by atoms with Crippen LogP contribution in [0.15, 0.2) is 60.9 Å². The molecule has 31 heavy (non-hydrogen) atoms. The number of fused-ring (bicyclic) bond motifs is 1. The number of halogens is 1. The third kappa shape index (κ3) is 3.58. The van der Waals surface area contributed by atoms with Gasteiger partial charge < -0.3 is 9.80 Å². The van der Waals surface area contributed by atoms with Gasteiger partial charge in [-0.3, -0.25) is 9.78 Å². The van der Waals surface area contributed by atoms with E-state index in [1.165, 1.54) is 6.07 Å². The molecule has 1 amide bonds. The lowest BCUT2D eigenvalue weighted by Gasteiger charge is -2.44. The van der Waals surface area contributed by atoms with Gasteiger partial charge in [-0.15, -0.1) is 15.3 Å². The van der Waals surface area contributed by atoms with Crippen LogP contribution in [-0.4, -0.2) is 61.8 Å². The summed E-state index contributed by atoms with van der Waals surface area (Å²) in [5.41, 5.74) is 1.90. The molecular weight excluding hydrogens is 397 g/mol. The zero-order valence-corrected chi connectivity index (χ0v) is 16.9. The van der Waals surface area contributed by atoms with Crippen molar-refractivity contribution in [3.8, 4) is 11.4 Å². The zero-order chi connectivity index (χ0) is 21.4. The van der Waals surface area contributed by atoms with E-state index in [4.69, 9.17) is 0 Å². The number of nitrogens with zero attached hydrogens (tertiary/aromatic N) is 7. The molecule has 156 valence electrons. The first kappa shape index (κ1) is 19.1. The molecule has 0 N–H and O–H groups in total. The van der Waals surface area contributed by atoms with E-state index < -0.39 is 0 Å². The molecule has 0 spiro atoms. The van der Waals surface area contributed by atoms with Gasteiger partial charge in [-0.25, -0.2) is 4.39 Å². The Morgan fingerprint density at radius 2 is 1.97 bits per heavy atom. The summed E-state index contributed by atoms with van der Waals surface area (Å²) in [4.78, 5) is 20.5. The van der Waals surface area contributed by atoms with E-state index in [9.17, 15) is 9.18 Å². The van der Waals surface area contributed by atoms with Crippen molar-refractivity contribution < 1.29 is 9.18 Å². The van der Waals surface area contributed by atoms with Crippen molar-refractivity contribution in [2.24, 2.45) is 0 Å². The lowest BCUT2D eigenvalue weighted by Crippen LogP contribution is -2.60. The molecule has 0 bridgehead atoms. The topological polar surface area (TPSA) is 79.5 Å². The Hall–Kier alpha value is -3.88. The monoisotopic (exact) mass is 417 g/mol. The van der Waals surface area contributed by atoms with Crippen molar-refractivity contribution in [2.75, 3.05) is 25.0 Å². The maximum Gasteiger partial charge on any atom is 0.227 e. The van der Waals surface area contributed by atoms with E-state index in [0.717, 1.165) is 11.4 Å². The molecule has 8 nitrogen and oxygen atoms in total. The predicted molar refractivity (Wildman–Crippen MR) is 113 cm³/mol. The first-order valence-electron chi connectivity index (χ1n) is 9.97. The summed E-state index contributed by atoms with van der Waals surface area (Å²) in [5.74, 6) is 0.953. The molecule has 1 fully saturated rings. The summed E-state index contributed by atoms with van der Waals surface area (Å²) in [6.45, 7) is 1.31. The van der Waals surface area contributed by atoms with Crippen molar-refractivity contribution >= 4 is 17.4 Å². The Morgan fingerprint density at radius 3 is 2.74 bits per heavy atom. The van der Waals surface area contributed by atoms with Crippen LogP contribution in [-0.2, 0) is 11.2 Å². The molecule has 1 aliphatic heterocycles. The minimum absolute atomic E-state index is 0.0514. The highest BCUT2D eigenvalue weighted by molar-refractivity contribution is 5.79. The largest absolute Gasteiger partial charge is 0.351 e. The Balaban J connectivity index is 1.28. The van der Waals surface area contributed by atoms with Crippen LogP contribution in [0.5, 0.6) is 0 Å². The maximum absolute atomic E-state index is 13.8. The molecule has 0 unspecified atom stereocenters. The number of rotatable bonds is 5. The number of carbonyl (C=O) groups excluding carboxylic acids is 1. The molecule has 4 heterocycles. The van der Waals surface area contributed by atoms with Crippen LogP contribution in [0.2, 0.25) is 0 Å². The molecule has 3 aromatic heterocycles. The predicted octanol–water partition coefficient (Wildman–Crippen LogP) is 2.22. The number of hydrogen-bond acceptors (Lipinski definition) is 6. The van der Waals surface area contributed by atoms with E-state index in [2.05, 4.69) is 25.2 Å². The van der Waals surface area contributed by atoms with E-state index in [-0.39, 0.29) is 24.2 Å². The minimum atomic E-state index is -0.352. The second kappa shape index (κ2) is 7.75. The van der Waals surface area contributed by atoms with Crippen molar-refractivity contribution in [1.29, 1.82) is 0 Å². The van der Waals surface area contributed by atoms with Gasteiger partial charge in [0.2, 0.25) is 5.91 Å². The Kier molecular flexibility index (Phi) is 4.78. The summed E-state index contributed by atoms with van der Waals surface area (Å²) < 4.78 is 15.5. The quantitative estimate of drug-likeness (QED) is 0.495. The van der Waals surface area contributed by atoms with Crippen molar-refractivity contribution in [2.45, 2.75) is 12.5 Å². The fourth-order valence-electron chi connectivity index (χ4n) is 3.64. The van der Waals surface area contributed by atoms with Crippen LogP contribution < -0.4 is 4.90 Å². The van der Waals surface area contributed by atoms with Crippen molar-refractivity contribution in [3.05, 3.63) is 72.3 Å². The Labute approximate surface area is 178 Å². The molecule has 5 rings (SSSR count). The Morgan fingerprint density at radius 1 is 1.13 bits per heavy atom. The number of benzene rings is 1. The molecule has 9 heteroatoms. The van der Waals surface area contributed by atoms with Gasteiger partial charge in [0.1, 0.15) is 11.6 Å². The van der Waals surface area contributed by atoms with E-state index in [0.29, 0.717) is 30.1 Å². The van der Waals surface area contributed by atoms with Gasteiger partial charge in [0.05, 0.1) is 12.5 Å². The van der Waals surface area contributed by atoms with Crippen LogP contribution in [0.3, 0.4) is 0 Å². The van der Waals surface area contributed by atoms with Gasteiger partial charge in [0, 0.05) is 38.1 Å². The van der Waals surface area contributed by atoms with Crippen LogP contribution >= 0.6 is 0 Å². The highest BCUT2D eigenvalue weighted by atomic mass is 19.1. The lowest BCUT2D eigenvalue weighted by atomic mass is 10.1. The normalized spacial score (nSPS) is 13.9. The summed E-state index contributed by atoms with van der Waals surface area (Å²) in [7, 11) is 1.77. The number of carbonyl (C=O) groups is 1. The van der Waals surface area contributed by atoms with Crippen LogP contribution in [0.4, 0.5) is 10.2 Å². The van der Waals surface area contributed by atoms with Gasteiger partial charge >= 0.3 is 0 Å².